The molecule has 344 valence electrons. The van der Waals surface area contributed by atoms with Gasteiger partial charge in [0, 0.05) is 85.9 Å². The lowest BCUT2D eigenvalue weighted by Gasteiger charge is -2.18. The van der Waals surface area contributed by atoms with Gasteiger partial charge in [0.2, 0.25) is 5.56 Å². The number of nitrogens with zero attached hydrogens (tertiary/aromatic N) is 3. The lowest BCUT2D eigenvalue weighted by molar-refractivity contribution is -0.141. The number of halogens is 3. The van der Waals surface area contributed by atoms with Gasteiger partial charge in [-0.05, 0) is 167 Å². The molecule has 0 spiro atoms. The fourth-order valence-corrected chi connectivity index (χ4v) is 8.72. The summed E-state index contributed by atoms with van der Waals surface area (Å²) in [6, 6.07) is 19.0. The van der Waals surface area contributed by atoms with Gasteiger partial charge in [-0.1, -0.05) is 24.3 Å². The minimum Gasteiger partial charge on any atom is -0.492 e. The van der Waals surface area contributed by atoms with Crippen LogP contribution < -0.4 is 31.9 Å². The zero-order valence-corrected chi connectivity index (χ0v) is 43.4. The number of nitrogen functional groups attached to an aromatic ring is 1. The lowest BCUT2D eigenvalue weighted by atomic mass is 9.92. The van der Waals surface area contributed by atoms with E-state index in [0.29, 0.717) is 18.8 Å². The highest BCUT2D eigenvalue weighted by molar-refractivity contribution is 9.11. The molecule has 65 heavy (non-hydrogen) atoms. The zero-order valence-electron chi connectivity index (χ0n) is 38.7. The summed E-state index contributed by atoms with van der Waals surface area (Å²) >= 11 is 10.1. The number of fused-ring (bicyclic) bond motifs is 2. The summed E-state index contributed by atoms with van der Waals surface area (Å²) in [4.78, 5) is 52.6. The third-order valence-corrected chi connectivity index (χ3v) is 15.3. The average molecular weight is 1080 g/mol. The second-order valence-electron chi connectivity index (χ2n) is 16.3. The van der Waals surface area contributed by atoms with Gasteiger partial charge in [-0.2, -0.15) is 0 Å². The largest absolute Gasteiger partial charge is 0.492 e. The molecule has 0 fully saturated rings. The van der Waals surface area contributed by atoms with E-state index in [1.807, 2.05) is 86.7 Å². The van der Waals surface area contributed by atoms with E-state index in [0.717, 1.165) is 93.9 Å². The zero-order chi connectivity index (χ0) is 48.0. The quantitative estimate of drug-likeness (QED) is 0.160. The van der Waals surface area contributed by atoms with Gasteiger partial charge in [-0.25, -0.2) is 4.98 Å². The maximum atomic E-state index is 12.2. The van der Waals surface area contributed by atoms with Crippen molar-refractivity contribution in [3.8, 4) is 22.6 Å². The highest BCUT2D eigenvalue weighted by Gasteiger charge is 2.30. The highest BCUT2D eigenvalue weighted by atomic mass is 79.9. The number of pyridine rings is 4. The highest BCUT2D eigenvalue weighted by Crippen LogP contribution is 2.44. The number of benzene rings is 2. The molecule has 2 aromatic carbocycles. The van der Waals surface area contributed by atoms with Crippen molar-refractivity contribution in [3.63, 3.8) is 0 Å². The molecule has 15 heteroatoms. The van der Waals surface area contributed by atoms with Gasteiger partial charge in [0.25, 0.3) is 11.1 Å². The Hall–Kier alpha value is -5.25. The molecule has 0 saturated heterocycles. The maximum Gasteiger partial charge on any atom is 0.306 e. The van der Waals surface area contributed by atoms with E-state index < -0.39 is 0 Å². The minimum absolute atomic E-state index is 0.0135. The van der Waals surface area contributed by atoms with Crippen molar-refractivity contribution < 1.29 is 19.0 Å². The first-order chi connectivity index (χ1) is 30.6. The number of nitrogens with one attached hydrogen (secondary N) is 1. The number of aromatic nitrogens is 4. The molecular weight excluding hydrogens is 1020 g/mol. The smallest absolute Gasteiger partial charge is 0.306 e. The number of anilines is 1. The van der Waals surface area contributed by atoms with Crippen LogP contribution in [0.4, 0.5) is 5.82 Å². The Morgan fingerprint density at radius 3 is 2.08 bits per heavy atom. The predicted octanol–water partition coefficient (Wildman–Crippen LogP) is 10.3. The second-order valence-corrected chi connectivity index (χ2v) is 18.7. The van der Waals surface area contributed by atoms with Gasteiger partial charge in [0.15, 0.2) is 0 Å². The van der Waals surface area contributed by atoms with Gasteiger partial charge < -0.3 is 34.1 Å². The number of hydrogen-bond acceptors (Lipinski definition) is 9. The SMILES string of the molecule is COC(=O)C[C@@H]1COc2cc(O[C@@H]3CCc4c(-c5c(C)cc(=O)n(C)c5C)cccc43)ccc21.Cc1cc(=O)[nH]c(C)c1Br.Cc1cc(=O)n(C)c(C)c1Br.Cc1cc(N)nc(C)c1Br. The standard InChI is InChI=1S/C28H29NO5.C8H10BrNO.C7H9BrN2.C7H8BrNO/c1-16-12-26(30)29(3)17(2)28(16)23-7-5-6-22-21(23)10-11-24(22)34-19-8-9-20-18(13-27(31)32-4)15-33-25(20)14-19;1-5-4-7(11)10(3)6(2)8(5)9;1-4-3-6(9)10-5(2)7(4)8;1-4-3-6(10)9-5(2)7(4)8/h5-9,12,14,18,24H,10-11,13,15H2,1-4H3;4H,1-3H3;3H,1-2H3,(H2,9,10);3H,1-2H3,(H,9,10)/t18-,24-;;;/m1.../s1. The van der Waals surface area contributed by atoms with Gasteiger partial charge in [-0.3, -0.25) is 19.2 Å². The number of hydrogen-bond donors (Lipinski definition) is 2. The number of esters is 1. The number of rotatable bonds is 5. The number of aromatic amines is 1. The van der Waals surface area contributed by atoms with Crippen molar-refractivity contribution in [1.29, 1.82) is 0 Å². The fourth-order valence-electron chi connectivity index (χ4n) is 7.92. The summed E-state index contributed by atoms with van der Waals surface area (Å²) in [6.45, 7) is 16.0. The molecule has 6 aromatic rings. The van der Waals surface area contributed by atoms with Crippen LogP contribution >= 0.6 is 47.8 Å². The van der Waals surface area contributed by atoms with E-state index in [1.165, 1.54) is 23.8 Å². The van der Waals surface area contributed by atoms with E-state index in [2.05, 4.69) is 76.0 Å². The first-order valence-electron chi connectivity index (χ1n) is 21.0. The van der Waals surface area contributed by atoms with E-state index in [-0.39, 0.29) is 34.7 Å². The Morgan fingerprint density at radius 1 is 0.800 bits per heavy atom. The summed E-state index contributed by atoms with van der Waals surface area (Å²) in [5.74, 6) is 1.90. The monoisotopic (exact) mass is 1080 g/mol. The Morgan fingerprint density at radius 2 is 1.43 bits per heavy atom. The third kappa shape index (κ3) is 12.0. The number of nitrogens with two attached hydrogens (primary N) is 1. The lowest BCUT2D eigenvalue weighted by Crippen LogP contribution is -2.19. The Bertz CT molecular complexity index is 2890. The number of ether oxygens (including phenoxy) is 3. The van der Waals surface area contributed by atoms with Crippen molar-refractivity contribution in [2.75, 3.05) is 19.5 Å². The van der Waals surface area contributed by atoms with Crippen LogP contribution in [0.5, 0.6) is 11.5 Å². The van der Waals surface area contributed by atoms with Crippen LogP contribution in [0.15, 0.2) is 88.5 Å². The number of carbonyl (C=O) groups is 1. The van der Waals surface area contributed by atoms with Crippen LogP contribution in [-0.2, 0) is 30.0 Å². The number of H-pyrrole nitrogens is 1. The van der Waals surface area contributed by atoms with Crippen LogP contribution in [0, 0.1) is 55.4 Å². The number of carbonyl (C=O) groups excluding carboxylic acids is 1. The minimum atomic E-state index is -0.232. The maximum absolute atomic E-state index is 12.2. The summed E-state index contributed by atoms with van der Waals surface area (Å²) in [6.07, 6.45) is 2.07. The molecule has 0 saturated carbocycles. The topological polar surface area (TPSA) is 161 Å². The first-order valence-corrected chi connectivity index (χ1v) is 23.4. The molecule has 5 heterocycles. The van der Waals surface area contributed by atoms with Crippen molar-refractivity contribution >= 4 is 59.6 Å². The molecule has 1 aliphatic carbocycles. The second kappa shape index (κ2) is 21.8. The Kier molecular flexibility index (Phi) is 17.0. The van der Waals surface area contributed by atoms with Gasteiger partial charge in [-0.15, -0.1) is 0 Å². The third-order valence-electron chi connectivity index (χ3n) is 11.7. The van der Waals surface area contributed by atoms with Crippen molar-refractivity contribution in [2.24, 2.45) is 14.1 Å². The molecule has 0 bridgehead atoms. The van der Waals surface area contributed by atoms with Crippen LogP contribution in [0.2, 0.25) is 0 Å². The van der Waals surface area contributed by atoms with Crippen LogP contribution in [0.25, 0.3) is 11.1 Å². The molecule has 1 aliphatic heterocycles. The Labute approximate surface area is 405 Å². The number of methoxy groups -OCH3 is 1. The van der Waals surface area contributed by atoms with Crippen molar-refractivity contribution in [2.45, 2.75) is 86.7 Å². The molecule has 2 atom stereocenters. The average Bonchev–Trinajstić information content (AvgIpc) is 3.86. The fraction of sp³-hybridized carbons (Fsp3) is 0.340. The van der Waals surface area contributed by atoms with E-state index >= 15 is 0 Å². The summed E-state index contributed by atoms with van der Waals surface area (Å²) < 4.78 is 23.4. The molecule has 0 amide bonds. The molecule has 12 nitrogen and oxygen atoms in total. The predicted molar refractivity (Wildman–Crippen MR) is 269 cm³/mol. The van der Waals surface area contributed by atoms with Crippen molar-refractivity contribution in [3.05, 3.63) is 167 Å². The summed E-state index contributed by atoms with van der Waals surface area (Å²) in [5.41, 5.74) is 19.2. The van der Waals surface area contributed by atoms with E-state index in [9.17, 15) is 19.2 Å². The number of aryl methyl sites for hydroxylation is 6. The van der Waals surface area contributed by atoms with Crippen molar-refractivity contribution in [1.82, 2.24) is 19.1 Å². The molecule has 0 radical (unpaired) electrons. The first kappa shape index (κ1) is 50.7. The van der Waals surface area contributed by atoms with Crippen LogP contribution in [0.3, 0.4) is 0 Å². The molecule has 8 rings (SSSR count). The summed E-state index contributed by atoms with van der Waals surface area (Å²) in [7, 11) is 4.99. The normalized spacial score (nSPS) is 14.3. The Balaban J connectivity index is 0.000000206. The van der Waals surface area contributed by atoms with Gasteiger partial charge >= 0.3 is 5.97 Å². The molecule has 2 aliphatic rings. The van der Waals surface area contributed by atoms with Gasteiger partial charge in [0.05, 0.1) is 25.8 Å². The molecule has 0 unspecified atom stereocenters. The van der Waals surface area contributed by atoms with E-state index in [4.69, 9.17) is 19.9 Å². The van der Waals surface area contributed by atoms with Crippen LogP contribution in [0.1, 0.15) is 86.6 Å². The van der Waals surface area contributed by atoms with Gasteiger partial charge in [0.1, 0.15) is 23.4 Å². The summed E-state index contributed by atoms with van der Waals surface area (Å²) in [5, 5.41) is 0. The molecule has 4 aromatic heterocycles. The van der Waals surface area contributed by atoms with E-state index in [1.54, 1.807) is 34.4 Å². The van der Waals surface area contributed by atoms with Crippen LogP contribution in [-0.4, -0.2) is 38.8 Å². The molecular formula is C50H56Br3N5O7. The molecule has 3 N–H and O–H groups in total.